The van der Waals surface area contributed by atoms with Crippen LogP contribution in [0.2, 0.25) is 0 Å². The van der Waals surface area contributed by atoms with Crippen molar-refractivity contribution in [1.29, 1.82) is 0 Å². The number of nitrogens with zero attached hydrogens (tertiary/aromatic N) is 2. The molecule has 0 aliphatic carbocycles. The van der Waals surface area contributed by atoms with E-state index in [1.807, 2.05) is 0 Å². The van der Waals surface area contributed by atoms with Crippen molar-refractivity contribution >= 4 is 5.78 Å². The molecule has 1 aromatic heterocycles. The Hall–Kier alpha value is -2.11. The molecule has 0 spiro atoms. The molecular weight excluding hydrogens is 281 g/mol. The number of carbonyl (C=O) groups is 1. The van der Waals surface area contributed by atoms with Crippen LogP contribution in [-0.4, -0.2) is 15.6 Å². The molecule has 0 amide bonds. The standard InChI is InChI=1S/C15H15F3N2O/c1-9-14(11(3)21)10(2)20(19-9)8-12-5-4-6-13(7-12)15(16,17)18/h4-7H,8H2,1-3H3. The third-order valence-corrected chi connectivity index (χ3v) is 3.32. The number of hydrogen-bond donors (Lipinski definition) is 0. The fourth-order valence-corrected chi connectivity index (χ4v) is 2.38. The highest BCUT2D eigenvalue weighted by Crippen LogP contribution is 2.29. The van der Waals surface area contributed by atoms with Gasteiger partial charge in [0.1, 0.15) is 0 Å². The second kappa shape index (κ2) is 5.35. The quantitative estimate of drug-likeness (QED) is 0.808. The Morgan fingerprint density at radius 1 is 1.29 bits per heavy atom. The minimum atomic E-state index is -4.37. The smallest absolute Gasteiger partial charge is 0.294 e. The van der Waals surface area contributed by atoms with Crippen LogP contribution in [0.25, 0.3) is 0 Å². The van der Waals surface area contributed by atoms with Gasteiger partial charge in [0.15, 0.2) is 5.78 Å². The van der Waals surface area contributed by atoms with Gasteiger partial charge in [-0.25, -0.2) is 0 Å². The Balaban J connectivity index is 2.35. The zero-order valence-electron chi connectivity index (χ0n) is 12.0. The van der Waals surface area contributed by atoms with E-state index in [-0.39, 0.29) is 12.3 Å². The van der Waals surface area contributed by atoms with Crippen LogP contribution in [0.1, 0.15) is 39.8 Å². The Kier molecular flexibility index (Phi) is 3.89. The van der Waals surface area contributed by atoms with Crippen molar-refractivity contribution in [3.8, 4) is 0 Å². The van der Waals surface area contributed by atoms with Crippen LogP contribution < -0.4 is 0 Å². The average Bonchev–Trinajstić information content (AvgIpc) is 2.63. The van der Waals surface area contributed by atoms with E-state index in [1.54, 1.807) is 24.6 Å². The van der Waals surface area contributed by atoms with Gasteiger partial charge in [-0.05, 0) is 38.5 Å². The molecule has 0 aliphatic heterocycles. The number of halogens is 3. The summed E-state index contributed by atoms with van der Waals surface area (Å²) in [6.07, 6.45) is -4.37. The molecule has 6 heteroatoms. The summed E-state index contributed by atoms with van der Waals surface area (Å²) in [5.74, 6) is -0.0970. The summed E-state index contributed by atoms with van der Waals surface area (Å²) in [6, 6.07) is 5.12. The first-order valence-electron chi connectivity index (χ1n) is 6.41. The van der Waals surface area contributed by atoms with Crippen LogP contribution in [0, 0.1) is 13.8 Å². The lowest BCUT2D eigenvalue weighted by Gasteiger charge is -2.10. The SMILES string of the molecule is CC(=O)c1c(C)nn(Cc2cccc(C(F)(F)F)c2)c1C. The molecule has 0 N–H and O–H groups in total. The number of aromatic nitrogens is 2. The highest BCUT2D eigenvalue weighted by Gasteiger charge is 2.30. The molecule has 0 unspecified atom stereocenters. The molecule has 2 rings (SSSR count). The van der Waals surface area contributed by atoms with E-state index in [9.17, 15) is 18.0 Å². The van der Waals surface area contributed by atoms with Crippen molar-refractivity contribution in [3.63, 3.8) is 0 Å². The molecule has 21 heavy (non-hydrogen) atoms. The molecule has 0 fully saturated rings. The van der Waals surface area contributed by atoms with E-state index >= 15 is 0 Å². The monoisotopic (exact) mass is 296 g/mol. The lowest BCUT2D eigenvalue weighted by molar-refractivity contribution is -0.137. The van der Waals surface area contributed by atoms with Crippen LogP contribution in [0.4, 0.5) is 13.2 Å². The Bertz CT molecular complexity index is 687. The largest absolute Gasteiger partial charge is 0.416 e. The van der Waals surface area contributed by atoms with Crippen molar-refractivity contribution in [3.05, 3.63) is 52.3 Å². The molecule has 0 saturated heterocycles. The predicted molar refractivity (Wildman–Crippen MR) is 72.3 cm³/mol. The van der Waals surface area contributed by atoms with Gasteiger partial charge in [-0.2, -0.15) is 18.3 Å². The molecule has 0 radical (unpaired) electrons. The van der Waals surface area contributed by atoms with Crippen molar-refractivity contribution in [2.24, 2.45) is 0 Å². The lowest BCUT2D eigenvalue weighted by atomic mass is 10.1. The van der Waals surface area contributed by atoms with Gasteiger partial charge < -0.3 is 0 Å². The Morgan fingerprint density at radius 3 is 2.48 bits per heavy atom. The summed E-state index contributed by atoms with van der Waals surface area (Å²) >= 11 is 0. The van der Waals surface area contributed by atoms with Gasteiger partial charge >= 0.3 is 6.18 Å². The van der Waals surface area contributed by atoms with Crippen molar-refractivity contribution in [2.75, 3.05) is 0 Å². The second-order valence-electron chi connectivity index (χ2n) is 4.96. The lowest BCUT2D eigenvalue weighted by Crippen LogP contribution is -2.08. The van der Waals surface area contributed by atoms with Gasteiger partial charge in [0.05, 0.1) is 23.4 Å². The number of benzene rings is 1. The number of aryl methyl sites for hydroxylation is 1. The van der Waals surface area contributed by atoms with E-state index in [1.165, 1.54) is 13.0 Å². The number of alkyl halides is 3. The first-order valence-corrected chi connectivity index (χ1v) is 6.41. The van der Waals surface area contributed by atoms with Gasteiger partial charge in [-0.15, -0.1) is 0 Å². The number of rotatable bonds is 3. The highest BCUT2D eigenvalue weighted by atomic mass is 19.4. The number of ketones is 1. The van der Waals surface area contributed by atoms with E-state index < -0.39 is 11.7 Å². The summed E-state index contributed by atoms with van der Waals surface area (Å²) in [5.41, 5.74) is 1.59. The number of hydrogen-bond acceptors (Lipinski definition) is 2. The molecule has 0 aliphatic rings. The maximum absolute atomic E-state index is 12.7. The maximum Gasteiger partial charge on any atom is 0.416 e. The predicted octanol–water partition coefficient (Wildman–Crippen LogP) is 3.77. The minimum Gasteiger partial charge on any atom is -0.294 e. The van der Waals surface area contributed by atoms with Crippen LogP contribution in [0.15, 0.2) is 24.3 Å². The zero-order chi connectivity index (χ0) is 15.8. The van der Waals surface area contributed by atoms with Gasteiger partial charge in [-0.1, -0.05) is 12.1 Å². The van der Waals surface area contributed by atoms with E-state index in [0.29, 0.717) is 22.5 Å². The number of Topliss-reactive ketones (excluding diaryl/α,β-unsaturated/α-hetero) is 1. The summed E-state index contributed by atoms with van der Waals surface area (Å²) in [6.45, 7) is 5.10. The molecule has 0 bridgehead atoms. The topological polar surface area (TPSA) is 34.9 Å². The van der Waals surface area contributed by atoms with Gasteiger partial charge in [0.25, 0.3) is 0 Å². The molecular formula is C15H15F3N2O. The Morgan fingerprint density at radius 2 is 1.95 bits per heavy atom. The van der Waals surface area contributed by atoms with Crippen LogP contribution >= 0.6 is 0 Å². The number of carbonyl (C=O) groups excluding carboxylic acids is 1. The van der Waals surface area contributed by atoms with Crippen LogP contribution in [-0.2, 0) is 12.7 Å². The fourth-order valence-electron chi connectivity index (χ4n) is 2.38. The first-order chi connectivity index (χ1) is 9.70. The third kappa shape index (κ3) is 3.15. The van der Waals surface area contributed by atoms with Crippen LogP contribution in [0.5, 0.6) is 0 Å². The molecule has 0 saturated carbocycles. The average molecular weight is 296 g/mol. The molecule has 3 nitrogen and oxygen atoms in total. The maximum atomic E-state index is 12.7. The summed E-state index contributed by atoms with van der Waals surface area (Å²) in [7, 11) is 0. The first kappa shape index (κ1) is 15.3. The highest BCUT2D eigenvalue weighted by molar-refractivity contribution is 5.96. The second-order valence-corrected chi connectivity index (χ2v) is 4.96. The Labute approximate surface area is 120 Å². The normalized spacial score (nSPS) is 11.7. The summed E-state index contributed by atoms with van der Waals surface area (Å²) in [5, 5.41) is 4.23. The molecule has 1 heterocycles. The van der Waals surface area contributed by atoms with Gasteiger partial charge in [0, 0.05) is 5.69 Å². The minimum absolute atomic E-state index is 0.0970. The molecule has 112 valence electrons. The van der Waals surface area contributed by atoms with Gasteiger partial charge in [0.2, 0.25) is 0 Å². The molecule has 2 aromatic rings. The van der Waals surface area contributed by atoms with Gasteiger partial charge in [-0.3, -0.25) is 9.48 Å². The molecule has 1 aromatic carbocycles. The molecule has 0 atom stereocenters. The van der Waals surface area contributed by atoms with Crippen molar-refractivity contribution < 1.29 is 18.0 Å². The zero-order valence-corrected chi connectivity index (χ0v) is 12.0. The van der Waals surface area contributed by atoms with Crippen molar-refractivity contribution in [2.45, 2.75) is 33.5 Å². The van der Waals surface area contributed by atoms with E-state index in [0.717, 1.165) is 12.1 Å². The summed E-state index contributed by atoms with van der Waals surface area (Å²) < 4.78 is 39.6. The fraction of sp³-hybridized carbons (Fsp3) is 0.333. The summed E-state index contributed by atoms with van der Waals surface area (Å²) in [4.78, 5) is 11.5. The van der Waals surface area contributed by atoms with E-state index in [4.69, 9.17) is 0 Å². The van der Waals surface area contributed by atoms with E-state index in [2.05, 4.69) is 5.10 Å². The van der Waals surface area contributed by atoms with Crippen molar-refractivity contribution in [1.82, 2.24) is 9.78 Å². The third-order valence-electron chi connectivity index (χ3n) is 3.32. The van der Waals surface area contributed by atoms with Crippen LogP contribution in [0.3, 0.4) is 0 Å².